The third kappa shape index (κ3) is 7.38. The molecule has 2 aromatic carbocycles. The van der Waals surface area contributed by atoms with Crippen LogP contribution in [0.15, 0.2) is 60.9 Å². The van der Waals surface area contributed by atoms with Gasteiger partial charge in [-0.3, -0.25) is 4.79 Å². The first-order valence-electron chi connectivity index (χ1n) is 15.1. The van der Waals surface area contributed by atoms with E-state index in [-0.39, 0.29) is 22.4 Å². The van der Waals surface area contributed by atoms with E-state index in [0.717, 1.165) is 11.1 Å². The van der Waals surface area contributed by atoms with Crippen LogP contribution in [-0.2, 0) is 21.2 Å². The SMILES string of the molecule is CC(C)(C)C[C@@H]1N[C@@H](C(=O)Nn2cc[n+](CCO[Si](C)(C)C(C)(C)C)n2)[C@H](c2cccc(Cl)c2)[C@@]1(C#N)c1ccc(Cl)cc1. The molecule has 0 spiro atoms. The lowest BCUT2D eigenvalue weighted by Gasteiger charge is -2.37. The molecule has 4 rings (SSSR count). The Morgan fingerprint density at radius 3 is 2.41 bits per heavy atom. The molecule has 1 aliphatic rings. The van der Waals surface area contributed by atoms with E-state index in [1.165, 1.54) is 4.79 Å². The molecule has 2 heterocycles. The van der Waals surface area contributed by atoms with Gasteiger partial charge in [-0.2, -0.15) is 10.7 Å². The fourth-order valence-electron chi connectivity index (χ4n) is 5.75. The van der Waals surface area contributed by atoms with Gasteiger partial charge in [-0.15, -0.1) is 4.68 Å². The third-order valence-corrected chi connectivity index (χ3v) is 14.0. The molecule has 0 aliphatic carbocycles. The van der Waals surface area contributed by atoms with Gasteiger partial charge in [0.05, 0.1) is 18.7 Å². The number of aromatic nitrogens is 3. The number of hydrogen-bond donors (Lipinski definition) is 2. The highest BCUT2D eigenvalue weighted by atomic mass is 35.5. The summed E-state index contributed by atoms with van der Waals surface area (Å²) in [6.45, 7) is 18.6. The summed E-state index contributed by atoms with van der Waals surface area (Å²) >= 11 is 12.7. The Balaban J connectivity index is 1.67. The second kappa shape index (κ2) is 12.9. The Labute approximate surface area is 272 Å². The van der Waals surface area contributed by atoms with Gasteiger partial charge in [-0.25, -0.2) is 0 Å². The molecule has 1 aliphatic heterocycles. The maximum Gasteiger partial charge on any atom is 0.274 e. The number of benzene rings is 2. The fraction of sp³-hybridized carbons (Fsp3) is 0.515. The topological polar surface area (TPSA) is 95.8 Å². The molecular formula is C33H45Cl2N6O2Si+. The van der Waals surface area contributed by atoms with Gasteiger partial charge in [0.25, 0.3) is 5.91 Å². The third-order valence-electron chi connectivity index (χ3n) is 8.97. The van der Waals surface area contributed by atoms with Crippen LogP contribution in [0.3, 0.4) is 0 Å². The Morgan fingerprint density at radius 2 is 1.82 bits per heavy atom. The van der Waals surface area contributed by atoms with E-state index >= 15 is 0 Å². The Morgan fingerprint density at radius 1 is 1.14 bits per heavy atom. The molecule has 0 unspecified atom stereocenters. The first-order chi connectivity index (χ1) is 20.5. The Bertz CT molecular complexity index is 1510. The molecule has 0 radical (unpaired) electrons. The fourth-order valence-corrected chi connectivity index (χ4v) is 7.11. The van der Waals surface area contributed by atoms with E-state index in [1.807, 2.05) is 36.5 Å². The standard InChI is InChI=1S/C33H44Cl2N6O2Si/c1-31(2,3)21-27-33(22-36,24-12-14-25(34)15-13-24)28(23-10-9-11-26(35)20-23)29(37-27)30(42)38-41-17-16-40(39-41)18-19-43-44(7,8)32(4,5)6/h9-17,20,27-29,37H,18-19,21H2,1-8H3/p+1/t27-,28-,29+,33-/m0/s1. The van der Waals surface area contributed by atoms with Crippen LogP contribution in [0.1, 0.15) is 65.0 Å². The Hall–Kier alpha value is -2.74. The number of rotatable bonds is 9. The lowest BCUT2D eigenvalue weighted by Crippen LogP contribution is -2.47. The molecule has 1 aromatic heterocycles. The van der Waals surface area contributed by atoms with Crippen LogP contribution in [0.2, 0.25) is 28.2 Å². The van der Waals surface area contributed by atoms with Crippen molar-refractivity contribution in [3.63, 3.8) is 0 Å². The summed E-state index contributed by atoms with van der Waals surface area (Å²) in [5, 5.41) is 20.4. The van der Waals surface area contributed by atoms with Crippen molar-refractivity contribution in [3.05, 3.63) is 82.1 Å². The van der Waals surface area contributed by atoms with Crippen molar-refractivity contribution in [1.29, 1.82) is 5.26 Å². The number of carbonyl (C=O) groups excluding carboxylic acids is 1. The van der Waals surface area contributed by atoms with Gasteiger partial charge in [0.1, 0.15) is 17.2 Å². The summed E-state index contributed by atoms with van der Waals surface area (Å²) in [5.74, 6) is -0.854. The molecule has 1 saturated heterocycles. The average Bonchev–Trinajstić information content (AvgIpc) is 3.49. The second-order valence-corrected chi connectivity index (χ2v) is 20.1. The maximum absolute atomic E-state index is 14.1. The zero-order chi connectivity index (χ0) is 32.5. The van der Waals surface area contributed by atoms with Gasteiger partial charge in [-0.05, 0) is 70.2 Å². The van der Waals surface area contributed by atoms with Gasteiger partial charge in [-0.1, -0.05) is 89.0 Å². The monoisotopic (exact) mass is 655 g/mol. The molecule has 3 aromatic rings. The van der Waals surface area contributed by atoms with Crippen LogP contribution in [0.5, 0.6) is 0 Å². The van der Waals surface area contributed by atoms with E-state index in [9.17, 15) is 10.1 Å². The number of nitrogens with zero attached hydrogens (tertiary/aromatic N) is 4. The lowest BCUT2D eigenvalue weighted by atomic mass is 9.63. The molecule has 11 heteroatoms. The lowest BCUT2D eigenvalue weighted by molar-refractivity contribution is -0.755. The molecule has 2 N–H and O–H groups in total. The first kappa shape index (κ1) is 34.1. The summed E-state index contributed by atoms with van der Waals surface area (Å²) < 4.78 is 8.05. The van der Waals surface area contributed by atoms with Gasteiger partial charge in [0, 0.05) is 22.0 Å². The van der Waals surface area contributed by atoms with E-state index in [1.54, 1.807) is 29.1 Å². The van der Waals surface area contributed by atoms with E-state index in [2.05, 4.69) is 76.7 Å². The maximum atomic E-state index is 14.1. The zero-order valence-corrected chi connectivity index (χ0v) is 29.5. The number of carbonyl (C=O) groups is 1. The highest BCUT2D eigenvalue weighted by Gasteiger charge is 2.60. The van der Waals surface area contributed by atoms with Crippen molar-refractivity contribution < 1.29 is 13.9 Å². The van der Waals surface area contributed by atoms with Gasteiger partial charge < -0.3 is 9.74 Å². The van der Waals surface area contributed by atoms with Crippen LogP contribution in [0, 0.1) is 16.7 Å². The summed E-state index contributed by atoms with van der Waals surface area (Å²) in [7, 11) is -1.88. The smallest absolute Gasteiger partial charge is 0.274 e. The summed E-state index contributed by atoms with van der Waals surface area (Å²) in [5.41, 5.74) is 3.33. The molecule has 236 valence electrons. The highest BCUT2D eigenvalue weighted by molar-refractivity contribution is 6.74. The molecule has 8 nitrogen and oxygen atoms in total. The molecule has 1 amide bonds. The predicted octanol–water partition coefficient (Wildman–Crippen LogP) is 6.59. The van der Waals surface area contributed by atoms with Crippen molar-refractivity contribution in [2.75, 3.05) is 12.0 Å². The number of halogens is 2. The van der Waals surface area contributed by atoms with Crippen LogP contribution in [0.25, 0.3) is 0 Å². The molecule has 1 fully saturated rings. The minimum absolute atomic E-state index is 0.119. The van der Waals surface area contributed by atoms with E-state index < -0.39 is 25.7 Å². The van der Waals surface area contributed by atoms with Crippen molar-refractivity contribution in [2.45, 2.75) is 96.1 Å². The molecule has 0 bridgehead atoms. The second-order valence-electron chi connectivity index (χ2n) is 14.5. The van der Waals surface area contributed by atoms with Gasteiger partial charge >= 0.3 is 0 Å². The first-order valence-corrected chi connectivity index (χ1v) is 18.7. The van der Waals surface area contributed by atoms with Crippen molar-refractivity contribution in [1.82, 2.24) is 15.3 Å². The summed E-state index contributed by atoms with van der Waals surface area (Å²) in [4.78, 5) is 15.5. The van der Waals surface area contributed by atoms with Crippen LogP contribution < -0.4 is 15.4 Å². The normalized spacial score (nSPS) is 22.5. The summed E-state index contributed by atoms with van der Waals surface area (Å²) in [6, 6.07) is 16.4. The van der Waals surface area contributed by atoms with Crippen LogP contribution in [-0.4, -0.2) is 42.9 Å². The van der Waals surface area contributed by atoms with Crippen LogP contribution in [0.4, 0.5) is 0 Å². The number of hydrogen-bond acceptors (Lipinski definition) is 5. The molecular weight excluding hydrogens is 611 g/mol. The quantitative estimate of drug-likeness (QED) is 0.200. The van der Waals surface area contributed by atoms with E-state index in [0.29, 0.717) is 29.6 Å². The Kier molecular flexibility index (Phi) is 10.0. The summed E-state index contributed by atoms with van der Waals surface area (Å²) in [6.07, 6.45) is 4.17. The average molecular weight is 657 g/mol. The molecule has 44 heavy (non-hydrogen) atoms. The van der Waals surface area contributed by atoms with Crippen molar-refractivity contribution in [2.24, 2.45) is 5.41 Å². The minimum Gasteiger partial charge on any atom is -0.413 e. The largest absolute Gasteiger partial charge is 0.413 e. The predicted molar refractivity (Wildman–Crippen MR) is 178 cm³/mol. The zero-order valence-electron chi connectivity index (χ0n) is 27.0. The van der Waals surface area contributed by atoms with Gasteiger partial charge in [0.2, 0.25) is 0 Å². The van der Waals surface area contributed by atoms with Gasteiger partial charge in [0.15, 0.2) is 20.7 Å². The number of nitrogens with one attached hydrogen (secondary N) is 2. The van der Waals surface area contributed by atoms with Crippen molar-refractivity contribution >= 4 is 37.4 Å². The van der Waals surface area contributed by atoms with Crippen LogP contribution >= 0.6 is 23.2 Å². The highest BCUT2D eigenvalue weighted by Crippen LogP contribution is 2.51. The molecule has 4 atom stereocenters. The van der Waals surface area contributed by atoms with Crippen molar-refractivity contribution in [3.8, 4) is 6.07 Å². The molecule has 0 saturated carbocycles. The minimum atomic E-state index is -1.88. The van der Waals surface area contributed by atoms with E-state index in [4.69, 9.17) is 27.6 Å². The number of nitriles is 1. The number of amides is 1.